The molecule has 0 bridgehead atoms. The highest BCUT2D eigenvalue weighted by Crippen LogP contribution is 2.39. The highest BCUT2D eigenvalue weighted by atomic mass is 19.4. The van der Waals surface area contributed by atoms with Crippen LogP contribution in [0.1, 0.15) is 11.1 Å². The molecule has 144 valence electrons. The number of carbonyl (C=O) groups is 1. The maximum Gasteiger partial charge on any atom is 0.418 e. The van der Waals surface area contributed by atoms with Crippen molar-refractivity contribution >= 4 is 11.8 Å². The van der Waals surface area contributed by atoms with Crippen LogP contribution < -0.4 is 10.0 Å². The molecule has 1 aromatic rings. The van der Waals surface area contributed by atoms with Gasteiger partial charge in [-0.2, -0.15) is 13.2 Å². The van der Waals surface area contributed by atoms with Crippen molar-refractivity contribution in [3.05, 3.63) is 29.3 Å². The molecule has 1 aromatic carbocycles. The first-order valence-corrected chi connectivity index (χ1v) is 8.56. The second-order valence-corrected chi connectivity index (χ2v) is 6.44. The fraction of sp³-hybridized carbons (Fsp3) is 0.588. The van der Waals surface area contributed by atoms with E-state index in [1.807, 2.05) is 4.90 Å². The Morgan fingerprint density at radius 3 is 2.31 bits per heavy atom. The normalized spacial score (nSPS) is 19.7. The van der Waals surface area contributed by atoms with Crippen molar-refractivity contribution in [3.8, 4) is 0 Å². The quantitative estimate of drug-likeness (QED) is 0.793. The van der Waals surface area contributed by atoms with Crippen molar-refractivity contribution in [1.29, 1.82) is 0 Å². The Hall–Kier alpha value is -2.00. The summed E-state index contributed by atoms with van der Waals surface area (Å²) in [5.74, 6) is 0. The zero-order valence-electron chi connectivity index (χ0n) is 14.3. The Balaban J connectivity index is 1.83. The second-order valence-electron chi connectivity index (χ2n) is 6.44. The molecule has 26 heavy (non-hydrogen) atoms. The highest BCUT2D eigenvalue weighted by Gasteiger charge is 2.36. The zero-order chi connectivity index (χ0) is 18.7. The number of rotatable bonds is 3. The third-order valence-electron chi connectivity index (χ3n) is 4.78. The summed E-state index contributed by atoms with van der Waals surface area (Å²) in [5, 5.41) is 10.9. The summed E-state index contributed by atoms with van der Waals surface area (Å²) in [4.78, 5) is 15.8. The molecule has 0 aromatic heterocycles. The molecule has 3 rings (SSSR count). The molecule has 0 aliphatic carbocycles. The van der Waals surface area contributed by atoms with Crippen LogP contribution in [0.3, 0.4) is 0 Å². The summed E-state index contributed by atoms with van der Waals surface area (Å²) in [6.07, 6.45) is -5.64. The highest BCUT2D eigenvalue weighted by molar-refractivity contribution is 5.63. The maximum atomic E-state index is 13.6. The third kappa shape index (κ3) is 4.21. The van der Waals surface area contributed by atoms with Crippen LogP contribution in [0.5, 0.6) is 0 Å². The molecule has 0 atom stereocenters. The maximum absolute atomic E-state index is 13.6. The van der Waals surface area contributed by atoms with E-state index in [0.29, 0.717) is 64.6 Å². The summed E-state index contributed by atoms with van der Waals surface area (Å²) in [7, 11) is 0. The van der Waals surface area contributed by atoms with Gasteiger partial charge in [-0.05, 0) is 11.6 Å². The molecular formula is C17H21F3N3O3-. The largest absolute Gasteiger partial charge is 0.530 e. The molecule has 2 heterocycles. The minimum atomic E-state index is -4.43. The van der Waals surface area contributed by atoms with E-state index in [4.69, 9.17) is 4.74 Å². The molecule has 0 spiro atoms. The number of ether oxygens (including phenoxy) is 1. The van der Waals surface area contributed by atoms with Gasteiger partial charge in [-0.15, -0.1) is 0 Å². The smallest absolute Gasteiger partial charge is 0.418 e. The lowest BCUT2D eigenvalue weighted by molar-refractivity contribution is -0.266. The zero-order valence-corrected chi connectivity index (χ0v) is 14.3. The van der Waals surface area contributed by atoms with Gasteiger partial charge in [0.2, 0.25) is 0 Å². The molecule has 2 fully saturated rings. The van der Waals surface area contributed by atoms with Crippen molar-refractivity contribution in [2.24, 2.45) is 0 Å². The number of piperazine rings is 1. The van der Waals surface area contributed by atoms with E-state index in [9.17, 15) is 23.1 Å². The number of halogens is 3. The van der Waals surface area contributed by atoms with Gasteiger partial charge < -0.3 is 24.4 Å². The summed E-state index contributed by atoms with van der Waals surface area (Å²) < 4.78 is 45.9. The van der Waals surface area contributed by atoms with Gasteiger partial charge >= 0.3 is 6.18 Å². The van der Waals surface area contributed by atoms with E-state index in [0.717, 1.165) is 6.07 Å². The molecular weight excluding hydrogens is 351 g/mol. The van der Waals surface area contributed by atoms with Crippen LogP contribution in [0.25, 0.3) is 0 Å². The Bertz CT molecular complexity index is 640. The predicted molar refractivity (Wildman–Crippen MR) is 86.7 cm³/mol. The van der Waals surface area contributed by atoms with Crippen LogP contribution in [0.15, 0.2) is 18.2 Å². The van der Waals surface area contributed by atoms with Crippen LogP contribution >= 0.6 is 0 Å². The van der Waals surface area contributed by atoms with Crippen molar-refractivity contribution in [2.75, 3.05) is 57.4 Å². The van der Waals surface area contributed by atoms with Gasteiger partial charge in [0.15, 0.2) is 0 Å². The molecule has 0 N–H and O–H groups in total. The number of benzene rings is 1. The van der Waals surface area contributed by atoms with Gasteiger partial charge in [-0.1, -0.05) is 12.1 Å². The van der Waals surface area contributed by atoms with Gasteiger partial charge in [0, 0.05) is 45.8 Å². The number of para-hydroxylation sites is 1. The summed E-state index contributed by atoms with van der Waals surface area (Å²) in [6.45, 7) is 3.50. The number of carboxylic acid groups (broad SMARTS) is 1. The van der Waals surface area contributed by atoms with Crippen molar-refractivity contribution in [1.82, 2.24) is 9.80 Å². The lowest BCUT2D eigenvalue weighted by Crippen LogP contribution is -2.52. The minimum absolute atomic E-state index is 0.214. The predicted octanol–water partition coefficient (Wildman–Crippen LogP) is 1.00. The van der Waals surface area contributed by atoms with Gasteiger partial charge in [-0.25, -0.2) is 0 Å². The summed E-state index contributed by atoms with van der Waals surface area (Å²) in [5.41, 5.74) is 0.180. The number of hydrogen-bond acceptors (Lipinski definition) is 5. The van der Waals surface area contributed by atoms with E-state index in [1.54, 1.807) is 11.0 Å². The van der Waals surface area contributed by atoms with Crippen LogP contribution in [-0.2, 0) is 17.5 Å². The minimum Gasteiger partial charge on any atom is -0.530 e. The fourth-order valence-corrected chi connectivity index (χ4v) is 3.44. The van der Waals surface area contributed by atoms with E-state index in [2.05, 4.69) is 0 Å². The monoisotopic (exact) mass is 372 g/mol. The van der Waals surface area contributed by atoms with Crippen LogP contribution in [0.2, 0.25) is 0 Å². The molecule has 0 radical (unpaired) electrons. The second kappa shape index (κ2) is 7.71. The summed E-state index contributed by atoms with van der Waals surface area (Å²) >= 11 is 0. The average molecular weight is 372 g/mol. The molecule has 2 aliphatic rings. The Kier molecular flexibility index (Phi) is 5.57. The molecule has 0 saturated carbocycles. The number of anilines is 1. The molecule has 2 saturated heterocycles. The first-order valence-electron chi connectivity index (χ1n) is 8.56. The Morgan fingerprint density at radius 1 is 1.08 bits per heavy atom. The van der Waals surface area contributed by atoms with Gasteiger partial charge in [-0.3, -0.25) is 4.90 Å². The number of carbonyl (C=O) groups excluding carboxylic acids is 1. The standard InChI is InChI=1S/C17H22F3N3O3/c18-17(19,20)14-3-1-2-13(15(14)22-8-10-26-11-9-22)12-21-4-6-23(7-5-21)16(24)25/h1-3H,4-12H2,(H,24,25)/p-1. The van der Waals surface area contributed by atoms with Gasteiger partial charge in [0.05, 0.1) is 24.5 Å². The first kappa shape index (κ1) is 18.8. The van der Waals surface area contributed by atoms with Gasteiger partial charge in [0.1, 0.15) is 6.09 Å². The van der Waals surface area contributed by atoms with E-state index >= 15 is 0 Å². The fourth-order valence-electron chi connectivity index (χ4n) is 3.44. The van der Waals surface area contributed by atoms with Crippen molar-refractivity contribution in [3.63, 3.8) is 0 Å². The average Bonchev–Trinajstić information content (AvgIpc) is 2.62. The molecule has 0 unspecified atom stereocenters. The third-order valence-corrected chi connectivity index (χ3v) is 4.78. The van der Waals surface area contributed by atoms with Crippen molar-refractivity contribution < 1.29 is 27.8 Å². The number of alkyl halides is 3. The molecule has 9 heteroatoms. The van der Waals surface area contributed by atoms with Crippen LogP contribution in [0.4, 0.5) is 23.7 Å². The number of amides is 1. The summed E-state index contributed by atoms with van der Waals surface area (Å²) in [6, 6.07) is 4.26. The van der Waals surface area contributed by atoms with E-state index in [1.165, 1.54) is 11.0 Å². The van der Waals surface area contributed by atoms with Crippen LogP contribution in [-0.4, -0.2) is 68.4 Å². The molecule has 1 amide bonds. The Labute approximate surface area is 149 Å². The molecule has 6 nitrogen and oxygen atoms in total. The van der Waals surface area contributed by atoms with E-state index < -0.39 is 17.8 Å². The Morgan fingerprint density at radius 2 is 1.73 bits per heavy atom. The number of nitrogens with zero attached hydrogens (tertiary/aromatic N) is 3. The van der Waals surface area contributed by atoms with E-state index in [-0.39, 0.29) is 5.69 Å². The SMILES string of the molecule is O=C([O-])N1CCN(Cc2cccc(C(F)(F)F)c2N2CCOCC2)CC1. The lowest BCUT2D eigenvalue weighted by atomic mass is 10.0. The van der Waals surface area contributed by atoms with Crippen molar-refractivity contribution in [2.45, 2.75) is 12.7 Å². The molecule has 2 aliphatic heterocycles. The number of hydrogen-bond donors (Lipinski definition) is 0. The number of morpholine rings is 1. The van der Waals surface area contributed by atoms with Gasteiger partial charge in [0.25, 0.3) is 0 Å². The first-order chi connectivity index (χ1) is 12.4. The lowest BCUT2D eigenvalue weighted by Gasteiger charge is -2.38. The topological polar surface area (TPSA) is 59.1 Å². The van der Waals surface area contributed by atoms with Crippen LogP contribution in [0, 0.1) is 0 Å².